The van der Waals surface area contributed by atoms with E-state index >= 15 is 0 Å². The summed E-state index contributed by atoms with van der Waals surface area (Å²) in [6.07, 6.45) is 1.69. The maximum Gasteiger partial charge on any atom is 0.336 e. The van der Waals surface area contributed by atoms with Crippen LogP contribution >= 0.6 is 0 Å². The van der Waals surface area contributed by atoms with Crippen LogP contribution in [0.2, 0.25) is 0 Å². The Morgan fingerprint density at radius 1 is 1.19 bits per heavy atom. The van der Waals surface area contributed by atoms with Gasteiger partial charge in [0.25, 0.3) is 5.91 Å². The SMILES string of the molecule is CCCc1cc(=O)oc2cc(OCC(=O)Nc3cc(F)ccc3C)ccc12. The van der Waals surface area contributed by atoms with Crippen molar-refractivity contribution in [2.75, 3.05) is 11.9 Å². The van der Waals surface area contributed by atoms with Crippen LogP contribution < -0.4 is 15.7 Å². The Hall–Kier alpha value is -3.15. The average Bonchev–Trinajstić information content (AvgIpc) is 2.63. The van der Waals surface area contributed by atoms with E-state index in [2.05, 4.69) is 5.32 Å². The van der Waals surface area contributed by atoms with E-state index in [0.717, 1.165) is 29.4 Å². The van der Waals surface area contributed by atoms with Gasteiger partial charge < -0.3 is 14.5 Å². The molecule has 1 N–H and O–H groups in total. The fraction of sp³-hybridized carbons (Fsp3) is 0.238. The van der Waals surface area contributed by atoms with E-state index < -0.39 is 17.3 Å². The van der Waals surface area contributed by atoms with Crippen molar-refractivity contribution < 1.29 is 18.3 Å². The van der Waals surface area contributed by atoms with E-state index in [4.69, 9.17) is 9.15 Å². The first kappa shape index (κ1) is 18.6. The number of anilines is 1. The molecule has 0 aliphatic heterocycles. The molecule has 1 amide bonds. The third-order valence-electron chi connectivity index (χ3n) is 4.16. The number of hydrogen-bond donors (Lipinski definition) is 1. The van der Waals surface area contributed by atoms with Crippen molar-refractivity contribution in [3.8, 4) is 5.75 Å². The molecule has 6 heteroatoms. The molecular formula is C21H20FNO4. The molecule has 0 saturated heterocycles. The number of carbonyl (C=O) groups is 1. The number of nitrogens with one attached hydrogen (secondary N) is 1. The number of aryl methyl sites for hydroxylation is 2. The van der Waals surface area contributed by atoms with Crippen LogP contribution in [-0.2, 0) is 11.2 Å². The lowest BCUT2D eigenvalue weighted by atomic mass is 10.1. The van der Waals surface area contributed by atoms with Crippen LogP contribution in [0.5, 0.6) is 5.75 Å². The molecule has 5 nitrogen and oxygen atoms in total. The molecule has 0 bridgehead atoms. The minimum Gasteiger partial charge on any atom is -0.484 e. The number of rotatable bonds is 6. The normalized spacial score (nSPS) is 10.8. The Morgan fingerprint density at radius 3 is 2.78 bits per heavy atom. The molecule has 140 valence electrons. The van der Waals surface area contributed by atoms with Gasteiger partial charge in [0.05, 0.1) is 0 Å². The van der Waals surface area contributed by atoms with Gasteiger partial charge in [-0.1, -0.05) is 19.4 Å². The van der Waals surface area contributed by atoms with Crippen LogP contribution in [0.4, 0.5) is 10.1 Å². The zero-order valence-corrected chi connectivity index (χ0v) is 15.2. The molecule has 0 unspecified atom stereocenters. The van der Waals surface area contributed by atoms with Gasteiger partial charge in [0, 0.05) is 23.2 Å². The number of carbonyl (C=O) groups excluding carboxylic acids is 1. The summed E-state index contributed by atoms with van der Waals surface area (Å²) in [6.45, 7) is 3.56. The standard InChI is InChI=1S/C21H20FNO4/c1-3-4-14-9-21(25)27-19-11-16(7-8-17(14)19)26-12-20(24)23-18-10-15(22)6-5-13(18)2/h5-11H,3-4,12H2,1-2H3,(H,23,24). The number of fused-ring (bicyclic) bond motifs is 1. The highest BCUT2D eigenvalue weighted by Crippen LogP contribution is 2.23. The predicted molar refractivity (Wildman–Crippen MR) is 102 cm³/mol. The fourth-order valence-corrected chi connectivity index (χ4v) is 2.84. The minimum atomic E-state index is -0.427. The molecule has 3 rings (SSSR count). The highest BCUT2D eigenvalue weighted by molar-refractivity contribution is 5.92. The molecule has 0 aliphatic rings. The van der Waals surface area contributed by atoms with Gasteiger partial charge in [-0.05, 0) is 48.7 Å². The molecule has 2 aromatic carbocycles. The lowest BCUT2D eigenvalue weighted by Crippen LogP contribution is -2.20. The zero-order chi connectivity index (χ0) is 19.4. The van der Waals surface area contributed by atoms with Gasteiger partial charge in [0.2, 0.25) is 0 Å². The minimum absolute atomic E-state index is 0.250. The van der Waals surface area contributed by atoms with E-state index in [1.54, 1.807) is 25.1 Å². The Morgan fingerprint density at radius 2 is 2.00 bits per heavy atom. The average molecular weight is 369 g/mol. The molecule has 0 radical (unpaired) electrons. The second-order valence-corrected chi connectivity index (χ2v) is 6.29. The topological polar surface area (TPSA) is 68.5 Å². The predicted octanol–water partition coefficient (Wildman–Crippen LogP) is 4.21. The number of amides is 1. The number of hydrogen-bond acceptors (Lipinski definition) is 4. The first-order chi connectivity index (χ1) is 13.0. The van der Waals surface area contributed by atoms with Gasteiger partial charge in [-0.2, -0.15) is 0 Å². The second-order valence-electron chi connectivity index (χ2n) is 6.29. The molecule has 0 atom stereocenters. The molecule has 0 spiro atoms. The summed E-state index contributed by atoms with van der Waals surface area (Å²) in [5.41, 5.74) is 2.08. The molecule has 0 fully saturated rings. The van der Waals surface area contributed by atoms with E-state index in [1.165, 1.54) is 18.2 Å². The van der Waals surface area contributed by atoms with Gasteiger partial charge in [-0.15, -0.1) is 0 Å². The Kier molecular flexibility index (Phi) is 5.54. The summed E-state index contributed by atoms with van der Waals surface area (Å²) in [6, 6.07) is 10.8. The number of ether oxygens (including phenoxy) is 1. The van der Waals surface area contributed by atoms with E-state index in [-0.39, 0.29) is 6.61 Å². The van der Waals surface area contributed by atoms with E-state index in [1.807, 2.05) is 13.0 Å². The Labute approximate surface area is 155 Å². The van der Waals surface area contributed by atoms with Crippen LogP contribution in [0.25, 0.3) is 11.0 Å². The Bertz CT molecular complexity index is 1040. The number of benzene rings is 2. The van der Waals surface area contributed by atoms with Crippen LogP contribution in [0, 0.1) is 12.7 Å². The molecule has 0 saturated carbocycles. The van der Waals surface area contributed by atoms with Crippen LogP contribution in [0.3, 0.4) is 0 Å². The van der Waals surface area contributed by atoms with Crippen molar-refractivity contribution in [3.63, 3.8) is 0 Å². The quantitative estimate of drug-likeness (QED) is 0.661. The smallest absolute Gasteiger partial charge is 0.336 e. The van der Waals surface area contributed by atoms with E-state index in [9.17, 15) is 14.0 Å². The van der Waals surface area contributed by atoms with Gasteiger partial charge in [0.15, 0.2) is 6.61 Å². The molecule has 27 heavy (non-hydrogen) atoms. The summed E-state index contributed by atoms with van der Waals surface area (Å²) in [5, 5.41) is 3.47. The van der Waals surface area contributed by atoms with Crippen molar-refractivity contribution >= 4 is 22.6 Å². The largest absolute Gasteiger partial charge is 0.484 e. The highest BCUT2D eigenvalue weighted by Gasteiger charge is 2.10. The lowest BCUT2D eigenvalue weighted by molar-refractivity contribution is -0.118. The maximum absolute atomic E-state index is 13.3. The molecule has 3 aromatic rings. The third-order valence-corrected chi connectivity index (χ3v) is 4.16. The fourth-order valence-electron chi connectivity index (χ4n) is 2.84. The van der Waals surface area contributed by atoms with Crippen molar-refractivity contribution in [1.82, 2.24) is 0 Å². The lowest BCUT2D eigenvalue weighted by Gasteiger charge is -2.10. The summed E-state index contributed by atoms with van der Waals surface area (Å²) in [7, 11) is 0. The van der Waals surface area contributed by atoms with Crippen LogP contribution in [-0.4, -0.2) is 12.5 Å². The van der Waals surface area contributed by atoms with Gasteiger partial charge in [-0.3, -0.25) is 4.79 Å². The van der Waals surface area contributed by atoms with Gasteiger partial charge >= 0.3 is 5.63 Å². The first-order valence-electron chi connectivity index (χ1n) is 8.72. The summed E-state index contributed by atoms with van der Waals surface area (Å²) in [4.78, 5) is 23.8. The van der Waals surface area contributed by atoms with Crippen molar-refractivity contribution in [1.29, 1.82) is 0 Å². The van der Waals surface area contributed by atoms with Crippen molar-refractivity contribution in [3.05, 3.63) is 69.8 Å². The maximum atomic E-state index is 13.3. The highest BCUT2D eigenvalue weighted by atomic mass is 19.1. The van der Waals surface area contributed by atoms with Crippen LogP contribution in [0.15, 0.2) is 51.7 Å². The summed E-state index contributed by atoms with van der Waals surface area (Å²) in [5.74, 6) is -0.431. The monoisotopic (exact) mass is 369 g/mol. The van der Waals surface area contributed by atoms with Gasteiger partial charge in [0.1, 0.15) is 17.1 Å². The van der Waals surface area contributed by atoms with Gasteiger partial charge in [-0.25, -0.2) is 9.18 Å². The van der Waals surface area contributed by atoms with Crippen LogP contribution in [0.1, 0.15) is 24.5 Å². The molecular weight excluding hydrogens is 349 g/mol. The second kappa shape index (κ2) is 8.03. The first-order valence-corrected chi connectivity index (χ1v) is 8.72. The zero-order valence-electron chi connectivity index (χ0n) is 15.2. The summed E-state index contributed by atoms with van der Waals surface area (Å²) < 4.78 is 24.0. The Balaban J connectivity index is 1.72. The van der Waals surface area contributed by atoms with Crippen molar-refractivity contribution in [2.24, 2.45) is 0 Å². The third kappa shape index (κ3) is 4.53. The molecule has 0 aliphatic carbocycles. The van der Waals surface area contributed by atoms with Crippen molar-refractivity contribution in [2.45, 2.75) is 26.7 Å². The molecule has 1 heterocycles. The molecule has 1 aromatic heterocycles. The summed E-state index contributed by atoms with van der Waals surface area (Å²) >= 11 is 0. The number of halogens is 1. The van der Waals surface area contributed by atoms with E-state index in [0.29, 0.717) is 17.0 Å².